The van der Waals surface area contributed by atoms with Crippen LogP contribution in [0.3, 0.4) is 0 Å². The number of carbonyl (C=O) groups excluding carboxylic acids is 1. The molecule has 130 valence electrons. The first-order valence-electron chi connectivity index (χ1n) is 8.14. The summed E-state index contributed by atoms with van der Waals surface area (Å²) in [5.41, 5.74) is 0. The first kappa shape index (κ1) is 17.0. The fraction of sp³-hybridized carbons (Fsp3) is 0.600. The van der Waals surface area contributed by atoms with Crippen LogP contribution in [-0.2, 0) is 22.6 Å². The Kier molecular flexibility index (Phi) is 5.89. The molecule has 1 saturated heterocycles. The molecule has 0 radical (unpaired) electrons. The molecule has 0 saturated carbocycles. The van der Waals surface area contributed by atoms with Crippen molar-refractivity contribution in [2.75, 3.05) is 26.3 Å². The molecule has 0 aliphatic carbocycles. The standard InChI is InChI=1S/C15H22N6O2S/c1-2-12(13-4-3-9-24-13)16-15(22)11-21-14(17-18-19-21)10-20-5-7-23-8-6-20/h3-4,9,12H,2,5-8,10-11H2,1H3,(H,16,22)/t12-/m0/s1. The van der Waals surface area contributed by atoms with Crippen LogP contribution in [0.4, 0.5) is 0 Å². The van der Waals surface area contributed by atoms with Crippen LogP contribution in [-0.4, -0.2) is 57.3 Å². The van der Waals surface area contributed by atoms with Crippen LogP contribution in [0.1, 0.15) is 30.1 Å². The second kappa shape index (κ2) is 8.32. The summed E-state index contributed by atoms with van der Waals surface area (Å²) in [6, 6.07) is 4.08. The van der Waals surface area contributed by atoms with Gasteiger partial charge in [-0.05, 0) is 28.3 Å². The molecular weight excluding hydrogens is 328 g/mol. The summed E-state index contributed by atoms with van der Waals surface area (Å²) in [6.07, 6.45) is 0.850. The maximum Gasteiger partial charge on any atom is 0.242 e. The Morgan fingerprint density at radius 3 is 3.00 bits per heavy atom. The number of tetrazole rings is 1. The van der Waals surface area contributed by atoms with Crippen LogP contribution >= 0.6 is 11.3 Å². The predicted octanol–water partition coefficient (Wildman–Crippen LogP) is 0.834. The zero-order valence-corrected chi connectivity index (χ0v) is 14.5. The molecule has 0 spiro atoms. The summed E-state index contributed by atoms with van der Waals surface area (Å²) in [7, 11) is 0. The summed E-state index contributed by atoms with van der Waals surface area (Å²) >= 11 is 1.65. The number of carbonyl (C=O) groups is 1. The van der Waals surface area contributed by atoms with Crippen LogP contribution < -0.4 is 5.32 Å². The van der Waals surface area contributed by atoms with Crippen LogP contribution in [0.15, 0.2) is 17.5 Å². The summed E-state index contributed by atoms with van der Waals surface area (Å²) in [4.78, 5) is 15.8. The molecule has 1 N–H and O–H groups in total. The Labute approximate surface area is 144 Å². The van der Waals surface area contributed by atoms with E-state index in [4.69, 9.17) is 4.74 Å². The van der Waals surface area contributed by atoms with Crippen molar-refractivity contribution in [3.8, 4) is 0 Å². The van der Waals surface area contributed by atoms with E-state index in [1.807, 2.05) is 17.5 Å². The lowest BCUT2D eigenvalue weighted by Crippen LogP contribution is -2.37. The highest BCUT2D eigenvalue weighted by Gasteiger charge is 2.18. The van der Waals surface area contributed by atoms with Crippen LogP contribution in [0, 0.1) is 0 Å². The number of ether oxygens (including phenoxy) is 1. The molecule has 0 bridgehead atoms. The molecule has 1 fully saturated rings. The lowest BCUT2D eigenvalue weighted by molar-refractivity contribution is -0.122. The molecule has 1 aliphatic rings. The highest BCUT2D eigenvalue weighted by molar-refractivity contribution is 7.10. The Morgan fingerprint density at radius 1 is 1.46 bits per heavy atom. The van der Waals surface area contributed by atoms with Gasteiger partial charge in [0.2, 0.25) is 5.91 Å². The summed E-state index contributed by atoms with van der Waals surface area (Å²) in [6.45, 7) is 5.98. The second-order valence-electron chi connectivity index (χ2n) is 5.69. The van der Waals surface area contributed by atoms with E-state index in [0.717, 1.165) is 37.6 Å². The van der Waals surface area contributed by atoms with Gasteiger partial charge in [0.05, 0.1) is 25.8 Å². The van der Waals surface area contributed by atoms with Gasteiger partial charge in [0.1, 0.15) is 6.54 Å². The van der Waals surface area contributed by atoms with E-state index in [9.17, 15) is 4.79 Å². The number of thiophene rings is 1. The van der Waals surface area contributed by atoms with E-state index in [-0.39, 0.29) is 18.5 Å². The number of nitrogens with one attached hydrogen (secondary N) is 1. The number of hydrogen-bond acceptors (Lipinski definition) is 7. The van der Waals surface area contributed by atoms with Crippen molar-refractivity contribution in [1.29, 1.82) is 0 Å². The molecule has 2 aromatic rings. The van der Waals surface area contributed by atoms with Gasteiger partial charge in [0.15, 0.2) is 5.82 Å². The number of hydrogen-bond donors (Lipinski definition) is 1. The Hall–Kier alpha value is -1.84. The number of amides is 1. The number of rotatable bonds is 7. The summed E-state index contributed by atoms with van der Waals surface area (Å²) < 4.78 is 6.92. The molecule has 0 aromatic carbocycles. The maximum atomic E-state index is 12.4. The Bertz CT molecular complexity index is 638. The second-order valence-corrected chi connectivity index (χ2v) is 6.66. The van der Waals surface area contributed by atoms with Crippen molar-refractivity contribution in [2.45, 2.75) is 32.5 Å². The van der Waals surface area contributed by atoms with E-state index in [0.29, 0.717) is 12.4 Å². The minimum atomic E-state index is -0.0780. The van der Waals surface area contributed by atoms with Crippen LogP contribution in [0.5, 0.6) is 0 Å². The van der Waals surface area contributed by atoms with Crippen molar-refractivity contribution in [2.24, 2.45) is 0 Å². The van der Waals surface area contributed by atoms with Gasteiger partial charge in [-0.25, -0.2) is 4.68 Å². The van der Waals surface area contributed by atoms with E-state index in [1.54, 1.807) is 16.0 Å². The third kappa shape index (κ3) is 4.37. The average Bonchev–Trinajstić information content (AvgIpc) is 3.26. The minimum Gasteiger partial charge on any atom is -0.379 e. The quantitative estimate of drug-likeness (QED) is 0.796. The predicted molar refractivity (Wildman–Crippen MR) is 89.4 cm³/mol. The largest absolute Gasteiger partial charge is 0.379 e. The SMILES string of the molecule is CC[C@H](NC(=O)Cn1nnnc1CN1CCOCC1)c1cccs1. The van der Waals surface area contributed by atoms with Crippen molar-refractivity contribution in [3.63, 3.8) is 0 Å². The monoisotopic (exact) mass is 350 g/mol. The molecule has 0 unspecified atom stereocenters. The molecular formula is C15H22N6O2S. The molecule has 24 heavy (non-hydrogen) atoms. The van der Waals surface area contributed by atoms with Gasteiger partial charge in [-0.2, -0.15) is 0 Å². The van der Waals surface area contributed by atoms with E-state index >= 15 is 0 Å². The Balaban J connectivity index is 1.57. The zero-order chi connectivity index (χ0) is 16.8. The molecule has 3 rings (SSSR count). The summed E-state index contributed by atoms with van der Waals surface area (Å²) in [5.74, 6) is 0.627. The van der Waals surface area contributed by atoms with Crippen molar-refractivity contribution >= 4 is 17.2 Å². The minimum absolute atomic E-state index is 0.0386. The van der Waals surface area contributed by atoms with Gasteiger partial charge in [-0.1, -0.05) is 13.0 Å². The first-order chi connectivity index (χ1) is 11.8. The molecule has 9 heteroatoms. The van der Waals surface area contributed by atoms with Gasteiger partial charge in [-0.15, -0.1) is 16.4 Å². The highest BCUT2D eigenvalue weighted by atomic mass is 32.1. The maximum absolute atomic E-state index is 12.4. The molecule has 1 atom stereocenters. The van der Waals surface area contributed by atoms with Crippen LogP contribution in [0.2, 0.25) is 0 Å². The fourth-order valence-corrected chi connectivity index (χ4v) is 3.52. The van der Waals surface area contributed by atoms with Crippen molar-refractivity contribution in [1.82, 2.24) is 30.4 Å². The smallest absolute Gasteiger partial charge is 0.242 e. The normalized spacial score (nSPS) is 16.9. The molecule has 1 amide bonds. The lowest BCUT2D eigenvalue weighted by Gasteiger charge is -2.25. The summed E-state index contributed by atoms with van der Waals surface area (Å²) in [5, 5.41) is 16.8. The Morgan fingerprint density at radius 2 is 2.29 bits per heavy atom. The van der Waals surface area contributed by atoms with Crippen molar-refractivity contribution in [3.05, 3.63) is 28.2 Å². The van der Waals surface area contributed by atoms with E-state index in [1.165, 1.54) is 0 Å². The average molecular weight is 350 g/mol. The number of nitrogens with zero attached hydrogens (tertiary/aromatic N) is 5. The van der Waals surface area contributed by atoms with E-state index < -0.39 is 0 Å². The van der Waals surface area contributed by atoms with Crippen molar-refractivity contribution < 1.29 is 9.53 Å². The van der Waals surface area contributed by atoms with E-state index in [2.05, 4.69) is 32.7 Å². The highest BCUT2D eigenvalue weighted by Crippen LogP contribution is 2.21. The van der Waals surface area contributed by atoms with Crippen LogP contribution in [0.25, 0.3) is 0 Å². The van der Waals surface area contributed by atoms with Gasteiger partial charge in [-0.3, -0.25) is 9.69 Å². The lowest BCUT2D eigenvalue weighted by atomic mass is 10.2. The number of aromatic nitrogens is 4. The fourth-order valence-electron chi connectivity index (χ4n) is 2.66. The third-order valence-electron chi connectivity index (χ3n) is 4.00. The van der Waals surface area contributed by atoms with Gasteiger partial charge < -0.3 is 10.1 Å². The molecule has 1 aliphatic heterocycles. The topological polar surface area (TPSA) is 85.2 Å². The van der Waals surface area contributed by atoms with Gasteiger partial charge in [0.25, 0.3) is 0 Å². The van der Waals surface area contributed by atoms with Gasteiger partial charge in [0, 0.05) is 18.0 Å². The molecule has 2 aromatic heterocycles. The zero-order valence-electron chi connectivity index (χ0n) is 13.7. The molecule has 3 heterocycles. The third-order valence-corrected chi connectivity index (χ3v) is 4.98. The van der Waals surface area contributed by atoms with Gasteiger partial charge >= 0.3 is 0 Å². The number of morpholine rings is 1. The molecule has 8 nitrogen and oxygen atoms in total. The first-order valence-corrected chi connectivity index (χ1v) is 9.02.